The number of carbonyl (C=O) groups is 5. The second kappa shape index (κ2) is 9.53. The van der Waals surface area contributed by atoms with E-state index in [1.165, 1.54) is 9.80 Å². The molecule has 1 aromatic heterocycles. The zero-order valence-electron chi connectivity index (χ0n) is 19.9. The lowest BCUT2D eigenvalue weighted by molar-refractivity contribution is -0.153. The van der Waals surface area contributed by atoms with E-state index in [4.69, 9.17) is 26.8 Å². The van der Waals surface area contributed by atoms with Crippen molar-refractivity contribution in [2.24, 2.45) is 16.9 Å². The van der Waals surface area contributed by atoms with Crippen LogP contribution in [0, 0.1) is 12.8 Å². The lowest BCUT2D eigenvalue weighted by Crippen LogP contribution is -2.60. The topological polar surface area (TPSA) is 187 Å². The van der Waals surface area contributed by atoms with Crippen LogP contribution in [-0.2, 0) is 33.3 Å². The smallest absolute Gasteiger partial charge is 0.378 e. The van der Waals surface area contributed by atoms with Crippen LogP contribution in [-0.4, -0.2) is 111 Å². The molecule has 0 aromatic carbocycles. The number of hydrogen-bond acceptors (Lipinski definition) is 14. The average molecular weight is 559 g/mol. The molecule has 0 bridgehead atoms. The summed E-state index contributed by atoms with van der Waals surface area (Å²) >= 11 is 2.02. The zero-order chi connectivity index (χ0) is 27.4. The van der Waals surface area contributed by atoms with Crippen molar-refractivity contribution < 1.29 is 38.1 Å². The van der Waals surface area contributed by atoms with Gasteiger partial charge in [-0.3, -0.25) is 24.3 Å². The van der Waals surface area contributed by atoms with Gasteiger partial charge in [0.15, 0.2) is 17.3 Å². The van der Waals surface area contributed by atoms with Gasteiger partial charge in [0.1, 0.15) is 5.01 Å². The van der Waals surface area contributed by atoms with E-state index in [9.17, 15) is 24.0 Å². The molecule has 3 saturated heterocycles. The first-order chi connectivity index (χ1) is 18.1. The first kappa shape index (κ1) is 26.4. The van der Waals surface area contributed by atoms with Crippen LogP contribution >= 0.6 is 23.3 Å². The fraction of sp³-hybridized carbons (Fsp3) is 0.579. The molecule has 196 valence electrons. The summed E-state index contributed by atoms with van der Waals surface area (Å²) < 4.78 is 12.8. The Morgan fingerprint density at radius 3 is 2.45 bits per heavy atom. The lowest BCUT2D eigenvalue weighted by atomic mass is 9.90. The van der Waals surface area contributed by atoms with Crippen LogP contribution in [0.2, 0.25) is 0 Å². The first-order valence-corrected chi connectivity index (χ1v) is 13.0. The van der Waals surface area contributed by atoms with Gasteiger partial charge in [0.05, 0.1) is 24.4 Å². The number of nitrogens with two attached hydrogens (primary N) is 1. The Morgan fingerprint density at radius 2 is 1.89 bits per heavy atom. The Hall–Kier alpha value is -3.18. The van der Waals surface area contributed by atoms with Crippen molar-refractivity contribution in [2.45, 2.75) is 42.0 Å². The van der Waals surface area contributed by atoms with Crippen LogP contribution in [0.15, 0.2) is 5.16 Å². The van der Waals surface area contributed by atoms with Crippen LogP contribution in [0.3, 0.4) is 0 Å². The number of amides is 3. The second-order valence-electron chi connectivity index (χ2n) is 9.09. The maximum atomic E-state index is 13.4. The Balaban J connectivity index is 1.36. The van der Waals surface area contributed by atoms with E-state index >= 15 is 0 Å². The molecule has 1 aliphatic carbocycles. The van der Waals surface area contributed by atoms with Gasteiger partial charge in [0.2, 0.25) is 16.4 Å². The molecule has 2 N–H and O–H groups in total. The molecule has 1 saturated carbocycles. The second-order valence-corrected chi connectivity index (χ2v) is 11.4. The molecule has 3 atom stereocenters. The zero-order valence-corrected chi connectivity index (χ0v) is 21.5. The molecular weight excluding hydrogens is 540 g/mol. The van der Waals surface area contributed by atoms with Gasteiger partial charge in [0, 0.05) is 25.8 Å². The van der Waals surface area contributed by atoms with E-state index in [-0.39, 0.29) is 37.6 Å². The first-order valence-electron chi connectivity index (χ1n) is 11.3. The van der Waals surface area contributed by atoms with E-state index in [0.29, 0.717) is 17.8 Å². The quantitative estimate of drug-likeness (QED) is 0.0891. The Labute approximate surface area is 226 Å². The van der Waals surface area contributed by atoms with Gasteiger partial charge in [-0.15, -0.1) is 0 Å². The van der Waals surface area contributed by atoms with Gasteiger partial charge in [-0.25, -0.2) is 20.4 Å². The van der Waals surface area contributed by atoms with Crippen molar-refractivity contribution >= 4 is 74.8 Å². The van der Waals surface area contributed by atoms with Crippen molar-refractivity contribution in [1.82, 2.24) is 24.2 Å². The van der Waals surface area contributed by atoms with E-state index in [2.05, 4.69) is 23.8 Å². The summed E-state index contributed by atoms with van der Waals surface area (Å²) in [7, 11) is 10.1. The highest BCUT2D eigenvalue weighted by Crippen LogP contribution is 2.53. The van der Waals surface area contributed by atoms with Gasteiger partial charge in [-0.1, -0.05) is 16.9 Å². The van der Waals surface area contributed by atoms with Crippen LogP contribution < -0.4 is 5.84 Å². The van der Waals surface area contributed by atoms with Crippen LogP contribution in [0.4, 0.5) is 4.79 Å². The summed E-state index contributed by atoms with van der Waals surface area (Å²) in [6.07, 6.45) is 0.259. The number of hydrogen-bond donors (Lipinski definition) is 1. The number of carbonyl (C=O) groups excluding carboxylic acids is 5. The summed E-state index contributed by atoms with van der Waals surface area (Å²) in [5.74, 6) is 2.00. The molecule has 5 rings (SSSR count). The molecule has 4 fully saturated rings. The van der Waals surface area contributed by atoms with Crippen molar-refractivity contribution in [2.75, 3.05) is 19.6 Å². The molecule has 3 amide bonds. The van der Waals surface area contributed by atoms with Gasteiger partial charge >= 0.3 is 34.1 Å². The molecule has 0 unspecified atom stereocenters. The highest BCUT2D eigenvalue weighted by molar-refractivity contribution is 8.02. The third-order valence-electron chi connectivity index (χ3n) is 6.76. The van der Waals surface area contributed by atoms with Gasteiger partial charge in [0.25, 0.3) is 0 Å². The molecule has 4 heterocycles. The number of rotatable bonds is 9. The van der Waals surface area contributed by atoms with E-state index in [1.54, 1.807) is 6.92 Å². The molecule has 1 aromatic rings. The summed E-state index contributed by atoms with van der Waals surface area (Å²) in [4.78, 5) is 74.2. The summed E-state index contributed by atoms with van der Waals surface area (Å²) in [6, 6.07) is -0.618. The Morgan fingerprint density at radius 1 is 1.18 bits per heavy atom. The monoisotopic (exact) mass is 559 g/mol. The highest BCUT2D eigenvalue weighted by Gasteiger charge is 2.66. The fourth-order valence-electron chi connectivity index (χ4n) is 4.51. The van der Waals surface area contributed by atoms with Crippen LogP contribution in [0.25, 0.3) is 0 Å². The number of hydrazine groups is 1. The number of aryl methyl sites for hydroxylation is 1. The molecule has 0 spiro atoms. The molecular formula is C19H19B2N7O8S2. The van der Waals surface area contributed by atoms with E-state index < -0.39 is 51.4 Å². The van der Waals surface area contributed by atoms with Crippen molar-refractivity contribution in [3.63, 3.8) is 0 Å². The number of aromatic nitrogens is 2. The minimum absolute atomic E-state index is 0.0242. The largest absolute Gasteiger partial charge is 0.541 e. The Bertz CT molecular complexity index is 1260. The number of thioether (sulfide) groups is 1. The SMILES string of the molecule is [B]OC(=O)C1(O/N=C(\C(=O)C[C@@H]2C(=O)N3C[C@@](C(=O)O[B])(N4CCN(N)C4=O)S[C@H]23)c2nsc(C)n2)CC1. The van der Waals surface area contributed by atoms with Crippen LogP contribution in [0.5, 0.6) is 0 Å². The highest BCUT2D eigenvalue weighted by atomic mass is 32.2. The summed E-state index contributed by atoms with van der Waals surface area (Å²) in [6.45, 7) is 1.78. The predicted molar refractivity (Wildman–Crippen MR) is 130 cm³/mol. The molecule has 15 nitrogen and oxygen atoms in total. The fourth-order valence-corrected chi connectivity index (χ4v) is 6.72. The van der Waals surface area contributed by atoms with Gasteiger partial charge in [-0.05, 0) is 18.5 Å². The molecule has 4 aliphatic rings. The number of fused-ring (bicyclic) bond motifs is 1. The van der Waals surface area contributed by atoms with E-state index in [0.717, 1.165) is 28.3 Å². The average Bonchev–Trinajstić information content (AvgIpc) is 3.26. The molecule has 4 radical (unpaired) electrons. The number of urea groups is 1. The standard InChI is InChI=1S/C19H19B2N7O8S2/c1-8-23-12(25-38-8)11(24-36-18(2-3-18)15(31)34-20)10(29)6-9-13(30)26-7-19(16(32)35-21,37-14(9)26)27-4-5-28(22)17(27)33/h9,14H,2-7,22H2,1H3/b24-11+/t9-,14-,19-/m1/s1. The molecule has 3 aliphatic heterocycles. The maximum Gasteiger partial charge on any atom is 0.378 e. The van der Waals surface area contributed by atoms with Gasteiger partial charge in [-0.2, -0.15) is 4.37 Å². The third-order valence-corrected chi connectivity index (χ3v) is 9.11. The maximum absolute atomic E-state index is 13.4. The summed E-state index contributed by atoms with van der Waals surface area (Å²) in [5, 5.41) is 4.74. The number of β-lactam (4-membered cyclic amide) rings is 1. The van der Waals surface area contributed by atoms with Crippen molar-refractivity contribution in [1.29, 1.82) is 0 Å². The minimum atomic E-state index is -1.62. The lowest BCUT2D eigenvalue weighted by Gasteiger charge is -2.40. The molecule has 38 heavy (non-hydrogen) atoms. The third kappa shape index (κ3) is 4.12. The molecule has 19 heteroatoms. The van der Waals surface area contributed by atoms with Crippen molar-refractivity contribution in [3.8, 4) is 0 Å². The minimum Gasteiger partial charge on any atom is -0.541 e. The van der Waals surface area contributed by atoms with Gasteiger partial charge < -0.3 is 19.0 Å². The van der Waals surface area contributed by atoms with Crippen molar-refractivity contribution in [3.05, 3.63) is 10.8 Å². The number of ketones is 1. The van der Waals surface area contributed by atoms with E-state index in [1.807, 2.05) is 0 Å². The normalized spacial score (nSPS) is 27.6. The Kier molecular flexibility index (Phi) is 6.63. The number of oxime groups is 1. The summed E-state index contributed by atoms with van der Waals surface area (Å²) in [5.41, 5.74) is -1.67. The number of nitrogens with zero attached hydrogens (tertiary/aromatic N) is 6. The number of Topliss-reactive ketones (excluding diaryl/α,β-unsaturated/α-hetero) is 1. The predicted octanol–water partition coefficient (Wildman–Crippen LogP) is -1.85. The van der Waals surface area contributed by atoms with Crippen LogP contribution in [0.1, 0.15) is 30.1 Å².